The van der Waals surface area contributed by atoms with Crippen molar-refractivity contribution in [2.45, 2.75) is 25.7 Å². The monoisotopic (exact) mass is 224 g/mol. The normalized spacial score (nSPS) is 14.8. The van der Waals surface area contributed by atoms with Gasteiger partial charge in [-0.1, -0.05) is 25.7 Å². The maximum atomic E-state index is 10.3. The largest absolute Gasteiger partial charge is 0.344 e. The Morgan fingerprint density at radius 2 is 1.71 bits per heavy atom. The zero-order valence-electron chi connectivity index (χ0n) is 7.98. The minimum absolute atomic E-state index is 0.264. The van der Waals surface area contributed by atoms with Gasteiger partial charge in [0.25, 0.3) is 0 Å². The van der Waals surface area contributed by atoms with E-state index in [1.54, 1.807) is 0 Å². The van der Waals surface area contributed by atoms with Crippen LogP contribution in [0.25, 0.3) is 0 Å². The van der Waals surface area contributed by atoms with E-state index in [0.29, 0.717) is 0 Å². The van der Waals surface area contributed by atoms with Crippen LogP contribution in [-0.4, -0.2) is 28.5 Å². The third-order valence-electron chi connectivity index (χ3n) is 1.67. The minimum Gasteiger partial charge on any atom is -0.343 e. The molecule has 0 aromatic heterocycles. The third-order valence-corrected chi connectivity index (χ3v) is 2.24. The van der Waals surface area contributed by atoms with Gasteiger partial charge in [0, 0.05) is 0 Å². The maximum absolute atomic E-state index is 10.3. The Morgan fingerprint density at radius 1 is 1.29 bits per heavy atom. The van der Waals surface area contributed by atoms with E-state index in [2.05, 4.69) is 0 Å². The number of carbonyl (C=O) groups excluding carboxylic acids is 1. The summed E-state index contributed by atoms with van der Waals surface area (Å²) in [6.45, 7) is -0.264. The van der Waals surface area contributed by atoms with Gasteiger partial charge in [0.1, 0.15) is 6.29 Å². The summed E-state index contributed by atoms with van der Waals surface area (Å²) in [5.41, 5.74) is 4.84. The van der Waals surface area contributed by atoms with Crippen molar-refractivity contribution < 1.29 is 19.1 Å². The molecule has 0 bridgehead atoms. The molecule has 0 aromatic rings. The Morgan fingerprint density at radius 3 is 1.93 bits per heavy atom. The van der Waals surface area contributed by atoms with Crippen molar-refractivity contribution in [2.24, 2.45) is 5.73 Å². The van der Waals surface area contributed by atoms with E-state index < -0.39 is 19.8 Å². The van der Waals surface area contributed by atoms with Crippen LogP contribution < -0.4 is 11.1 Å². The summed E-state index contributed by atoms with van der Waals surface area (Å²) in [4.78, 5) is 26.7. The van der Waals surface area contributed by atoms with Crippen LogP contribution in [0.4, 0.5) is 0 Å². The first-order valence-corrected chi connectivity index (χ1v) is 6.27. The molecule has 1 aliphatic carbocycles. The van der Waals surface area contributed by atoms with Gasteiger partial charge in [-0.25, -0.2) is 0 Å². The average Bonchev–Trinajstić information content (AvgIpc) is 1.95. The van der Waals surface area contributed by atoms with E-state index in [0.717, 1.165) is 0 Å². The molecule has 1 rings (SSSR count). The highest BCUT2D eigenvalue weighted by atomic mass is 31.2. The van der Waals surface area contributed by atoms with E-state index in [1.807, 2.05) is 5.32 Å². The van der Waals surface area contributed by atoms with Crippen LogP contribution in [0.2, 0.25) is 0 Å². The summed E-state index contributed by atoms with van der Waals surface area (Å²) in [5, 5.41) is 1.95. The van der Waals surface area contributed by atoms with Crippen molar-refractivity contribution in [3.05, 3.63) is 0 Å². The number of hydrogen-bond donors (Lipinski definition) is 4. The fraction of sp³-hybridized carbons (Fsp3) is 0.857. The second kappa shape index (κ2) is 6.95. The van der Waals surface area contributed by atoms with Gasteiger partial charge in [-0.3, -0.25) is 9.36 Å². The molecule has 0 heterocycles. The van der Waals surface area contributed by atoms with Gasteiger partial charge in [0.15, 0.2) is 0 Å². The van der Waals surface area contributed by atoms with E-state index in [1.165, 1.54) is 25.7 Å². The van der Waals surface area contributed by atoms with Crippen LogP contribution in [0.15, 0.2) is 0 Å². The molecular formula is C7H17N2O4P. The van der Waals surface area contributed by atoms with Crippen molar-refractivity contribution in [2.75, 3.05) is 12.8 Å². The molecular weight excluding hydrogens is 207 g/mol. The van der Waals surface area contributed by atoms with E-state index in [9.17, 15) is 9.36 Å². The first-order chi connectivity index (χ1) is 6.45. The standard InChI is InChI=1S/C4H8.C3H9N2O4P/c1-2-4-3-1;4-1-3(6)5-2-10(7,8)9/h1-4H2;1-2,4H2,(H,5,6)(H2,7,8,9). The summed E-state index contributed by atoms with van der Waals surface area (Å²) in [7, 11) is -4.12. The summed E-state index contributed by atoms with van der Waals surface area (Å²) in [6, 6.07) is 0. The Labute approximate surface area is 83.0 Å². The van der Waals surface area contributed by atoms with Crippen LogP contribution in [0.3, 0.4) is 0 Å². The molecule has 7 heteroatoms. The number of carbonyl (C=O) groups is 1. The molecule has 0 aromatic carbocycles. The van der Waals surface area contributed by atoms with Gasteiger partial charge < -0.3 is 20.8 Å². The number of amides is 1. The van der Waals surface area contributed by atoms with Crippen LogP contribution in [-0.2, 0) is 9.36 Å². The summed E-state index contributed by atoms with van der Waals surface area (Å²) < 4.78 is 10.1. The van der Waals surface area contributed by atoms with Crippen LogP contribution in [0.5, 0.6) is 0 Å². The lowest BCUT2D eigenvalue weighted by atomic mass is 10.0. The molecule has 1 saturated carbocycles. The molecule has 1 aliphatic rings. The lowest BCUT2D eigenvalue weighted by Crippen LogP contribution is -2.30. The van der Waals surface area contributed by atoms with Crippen molar-refractivity contribution in [1.82, 2.24) is 5.32 Å². The first kappa shape index (κ1) is 13.6. The topological polar surface area (TPSA) is 113 Å². The number of nitrogens with one attached hydrogen (secondary N) is 1. The third kappa shape index (κ3) is 9.67. The predicted octanol–water partition coefficient (Wildman–Crippen LogP) is -0.243. The van der Waals surface area contributed by atoms with Crippen LogP contribution in [0.1, 0.15) is 25.7 Å². The number of rotatable bonds is 3. The smallest absolute Gasteiger partial charge is 0.343 e. The molecule has 1 fully saturated rings. The lowest BCUT2D eigenvalue weighted by Gasteiger charge is -2.05. The fourth-order valence-electron chi connectivity index (χ4n) is 0.513. The fourth-order valence-corrected chi connectivity index (χ4v) is 0.896. The highest BCUT2D eigenvalue weighted by Gasteiger charge is 2.12. The lowest BCUT2D eigenvalue weighted by molar-refractivity contribution is -0.119. The maximum Gasteiger partial charge on any atom is 0.344 e. The summed E-state index contributed by atoms with van der Waals surface area (Å²) in [6.07, 6.45) is 5.35. The molecule has 0 atom stereocenters. The first-order valence-electron chi connectivity index (χ1n) is 4.47. The van der Waals surface area contributed by atoms with Gasteiger partial charge >= 0.3 is 7.60 Å². The second-order valence-electron chi connectivity index (χ2n) is 3.04. The zero-order valence-corrected chi connectivity index (χ0v) is 8.87. The van der Waals surface area contributed by atoms with Gasteiger partial charge in [0.05, 0.1) is 6.54 Å². The van der Waals surface area contributed by atoms with E-state index in [4.69, 9.17) is 15.5 Å². The molecule has 84 valence electrons. The second-order valence-corrected chi connectivity index (χ2v) is 4.69. The average molecular weight is 224 g/mol. The molecule has 0 radical (unpaired) electrons. The molecule has 0 spiro atoms. The highest BCUT2D eigenvalue weighted by Crippen LogP contribution is 2.31. The molecule has 1 amide bonds. The summed E-state index contributed by atoms with van der Waals surface area (Å²) >= 11 is 0. The van der Waals surface area contributed by atoms with Crippen molar-refractivity contribution in [3.63, 3.8) is 0 Å². The Bertz CT molecular complexity index is 208. The molecule has 5 N–H and O–H groups in total. The van der Waals surface area contributed by atoms with Gasteiger partial charge in [-0.05, 0) is 0 Å². The van der Waals surface area contributed by atoms with Gasteiger partial charge in [0.2, 0.25) is 5.91 Å². The number of hydrogen-bond acceptors (Lipinski definition) is 3. The van der Waals surface area contributed by atoms with Crippen molar-refractivity contribution in [3.8, 4) is 0 Å². The van der Waals surface area contributed by atoms with Crippen molar-refractivity contribution >= 4 is 13.5 Å². The van der Waals surface area contributed by atoms with Gasteiger partial charge in [-0.15, -0.1) is 0 Å². The van der Waals surface area contributed by atoms with Crippen LogP contribution >= 0.6 is 7.60 Å². The molecule has 6 nitrogen and oxygen atoms in total. The van der Waals surface area contributed by atoms with Gasteiger partial charge in [-0.2, -0.15) is 0 Å². The Kier molecular flexibility index (Phi) is 6.74. The zero-order chi connectivity index (χ0) is 11.0. The molecule has 0 unspecified atom stereocenters. The summed E-state index contributed by atoms with van der Waals surface area (Å²) in [5.74, 6) is -0.580. The highest BCUT2D eigenvalue weighted by molar-refractivity contribution is 7.51. The molecule has 14 heavy (non-hydrogen) atoms. The number of nitrogens with two attached hydrogens (primary N) is 1. The molecule has 0 saturated heterocycles. The Balaban J connectivity index is 0.000000344. The van der Waals surface area contributed by atoms with Crippen LogP contribution in [0, 0.1) is 0 Å². The van der Waals surface area contributed by atoms with E-state index >= 15 is 0 Å². The quantitative estimate of drug-likeness (QED) is 0.494. The molecule has 0 aliphatic heterocycles. The van der Waals surface area contributed by atoms with Crippen molar-refractivity contribution in [1.29, 1.82) is 0 Å². The van der Waals surface area contributed by atoms with E-state index in [-0.39, 0.29) is 6.54 Å². The SMILES string of the molecule is C1CCC1.NCC(=O)NCP(=O)(O)O. The minimum atomic E-state index is -4.12. The Hall–Kier alpha value is -0.420. The predicted molar refractivity (Wildman–Crippen MR) is 52.6 cm³/mol.